The highest BCUT2D eigenvalue weighted by molar-refractivity contribution is 4.88. The molecule has 3 unspecified atom stereocenters. The van der Waals surface area contributed by atoms with Gasteiger partial charge in [-0.25, -0.2) is 0 Å². The number of aliphatic hydroxyl groups is 1. The lowest BCUT2D eigenvalue weighted by Crippen LogP contribution is -2.38. The fourth-order valence-corrected chi connectivity index (χ4v) is 3.63. The summed E-state index contributed by atoms with van der Waals surface area (Å²) >= 11 is 0. The third-order valence-electron chi connectivity index (χ3n) is 5.01. The highest BCUT2D eigenvalue weighted by atomic mass is 16.3. The van der Waals surface area contributed by atoms with Gasteiger partial charge in [-0.15, -0.1) is 0 Å². The molecular formula is C17H34O. The number of aliphatic hydroxyl groups excluding tert-OH is 1. The van der Waals surface area contributed by atoms with E-state index in [4.69, 9.17) is 0 Å². The van der Waals surface area contributed by atoms with Crippen LogP contribution in [0.3, 0.4) is 0 Å². The third-order valence-corrected chi connectivity index (χ3v) is 5.01. The summed E-state index contributed by atoms with van der Waals surface area (Å²) in [4.78, 5) is 0. The molecule has 108 valence electrons. The van der Waals surface area contributed by atoms with Crippen molar-refractivity contribution in [2.24, 2.45) is 17.3 Å². The fourth-order valence-electron chi connectivity index (χ4n) is 3.63. The minimum absolute atomic E-state index is 0.0561. The molecule has 1 saturated carbocycles. The van der Waals surface area contributed by atoms with E-state index < -0.39 is 0 Å². The van der Waals surface area contributed by atoms with Gasteiger partial charge >= 0.3 is 0 Å². The molecule has 1 aliphatic carbocycles. The standard InChI is InChI=1S/C17H34O/c1-5-6-7-8-9-12-17(3,4)15-11-10-14(2)13-16(15)18/h14-16,18H,5-13H2,1-4H3. The number of unbranched alkanes of at least 4 members (excludes halogenated alkanes) is 4. The first-order chi connectivity index (χ1) is 8.47. The Labute approximate surface area is 114 Å². The minimum atomic E-state index is -0.0561. The summed E-state index contributed by atoms with van der Waals surface area (Å²) in [6.07, 6.45) is 11.6. The van der Waals surface area contributed by atoms with Gasteiger partial charge < -0.3 is 5.11 Å². The van der Waals surface area contributed by atoms with Crippen LogP contribution in [0.1, 0.15) is 85.5 Å². The van der Waals surface area contributed by atoms with Gasteiger partial charge in [0, 0.05) is 0 Å². The predicted octanol–water partition coefficient (Wildman–Crippen LogP) is 5.17. The highest BCUT2D eigenvalue weighted by Gasteiger charge is 2.37. The molecule has 1 fully saturated rings. The Kier molecular flexibility index (Phi) is 6.70. The quantitative estimate of drug-likeness (QED) is 0.621. The fraction of sp³-hybridized carbons (Fsp3) is 1.00. The zero-order valence-electron chi connectivity index (χ0n) is 13.0. The van der Waals surface area contributed by atoms with E-state index in [-0.39, 0.29) is 6.10 Å². The Bertz CT molecular complexity index is 222. The molecule has 1 N–H and O–H groups in total. The molecule has 0 bridgehead atoms. The molecule has 1 aliphatic rings. The first-order valence-corrected chi connectivity index (χ1v) is 8.15. The van der Waals surface area contributed by atoms with Crippen LogP contribution in [0.25, 0.3) is 0 Å². The monoisotopic (exact) mass is 254 g/mol. The second-order valence-electron chi connectivity index (χ2n) is 7.24. The maximum atomic E-state index is 10.3. The van der Waals surface area contributed by atoms with Gasteiger partial charge in [0.2, 0.25) is 0 Å². The summed E-state index contributed by atoms with van der Waals surface area (Å²) in [5.41, 5.74) is 0.325. The lowest BCUT2D eigenvalue weighted by atomic mass is 9.65. The number of hydrogen-bond acceptors (Lipinski definition) is 1. The smallest absolute Gasteiger partial charge is 0.0576 e. The first kappa shape index (κ1) is 16.0. The van der Waals surface area contributed by atoms with E-state index in [2.05, 4.69) is 27.7 Å². The van der Waals surface area contributed by atoms with Crippen molar-refractivity contribution >= 4 is 0 Å². The largest absolute Gasteiger partial charge is 0.393 e. The highest BCUT2D eigenvalue weighted by Crippen LogP contribution is 2.43. The van der Waals surface area contributed by atoms with Crippen LogP contribution in [-0.4, -0.2) is 11.2 Å². The zero-order valence-corrected chi connectivity index (χ0v) is 13.0. The number of hydrogen-bond donors (Lipinski definition) is 1. The van der Waals surface area contributed by atoms with Gasteiger partial charge in [0.25, 0.3) is 0 Å². The van der Waals surface area contributed by atoms with Gasteiger partial charge in [0.15, 0.2) is 0 Å². The van der Waals surface area contributed by atoms with E-state index in [0.29, 0.717) is 11.3 Å². The van der Waals surface area contributed by atoms with E-state index in [0.717, 1.165) is 12.3 Å². The zero-order chi connectivity index (χ0) is 13.6. The molecule has 1 nitrogen and oxygen atoms in total. The van der Waals surface area contributed by atoms with Gasteiger partial charge in [-0.05, 0) is 36.5 Å². The molecule has 0 heterocycles. The van der Waals surface area contributed by atoms with Crippen LogP contribution >= 0.6 is 0 Å². The van der Waals surface area contributed by atoms with Crippen LogP contribution in [0.4, 0.5) is 0 Å². The summed E-state index contributed by atoms with van der Waals surface area (Å²) < 4.78 is 0. The maximum absolute atomic E-state index is 10.3. The third kappa shape index (κ3) is 4.91. The van der Waals surface area contributed by atoms with E-state index in [1.165, 1.54) is 51.4 Å². The Balaban J connectivity index is 2.33. The van der Waals surface area contributed by atoms with Crippen LogP contribution in [0.15, 0.2) is 0 Å². The van der Waals surface area contributed by atoms with E-state index in [1.54, 1.807) is 0 Å². The van der Waals surface area contributed by atoms with E-state index >= 15 is 0 Å². The molecule has 0 radical (unpaired) electrons. The van der Waals surface area contributed by atoms with E-state index in [1.807, 2.05) is 0 Å². The normalized spacial score (nSPS) is 29.5. The molecule has 0 aromatic carbocycles. The van der Waals surface area contributed by atoms with Crippen molar-refractivity contribution in [1.29, 1.82) is 0 Å². The van der Waals surface area contributed by atoms with Gasteiger partial charge in [0.1, 0.15) is 0 Å². The molecule has 0 aromatic rings. The SMILES string of the molecule is CCCCCCCC(C)(C)C1CCC(C)CC1O. The van der Waals surface area contributed by atoms with Gasteiger partial charge in [0.05, 0.1) is 6.10 Å². The molecule has 1 heteroatoms. The molecule has 0 aliphatic heterocycles. The van der Waals surface area contributed by atoms with Gasteiger partial charge in [-0.3, -0.25) is 0 Å². The topological polar surface area (TPSA) is 20.2 Å². The van der Waals surface area contributed by atoms with Crippen molar-refractivity contribution in [3.05, 3.63) is 0 Å². The molecule has 1 rings (SSSR count). The van der Waals surface area contributed by atoms with Crippen molar-refractivity contribution in [2.75, 3.05) is 0 Å². The van der Waals surface area contributed by atoms with Crippen LogP contribution < -0.4 is 0 Å². The molecule has 0 saturated heterocycles. The lowest BCUT2D eigenvalue weighted by Gasteiger charge is -2.42. The van der Waals surface area contributed by atoms with Gasteiger partial charge in [-0.2, -0.15) is 0 Å². The molecule has 0 amide bonds. The Morgan fingerprint density at radius 3 is 2.33 bits per heavy atom. The Morgan fingerprint density at radius 2 is 1.72 bits per heavy atom. The summed E-state index contributed by atoms with van der Waals surface area (Å²) in [6.45, 7) is 9.29. The minimum Gasteiger partial charge on any atom is -0.393 e. The van der Waals surface area contributed by atoms with Crippen molar-refractivity contribution < 1.29 is 5.11 Å². The second-order valence-corrected chi connectivity index (χ2v) is 7.24. The summed E-state index contributed by atoms with van der Waals surface area (Å²) in [7, 11) is 0. The van der Waals surface area contributed by atoms with Crippen LogP contribution in [-0.2, 0) is 0 Å². The average Bonchev–Trinajstić information content (AvgIpc) is 2.28. The average molecular weight is 254 g/mol. The molecule has 0 aromatic heterocycles. The summed E-state index contributed by atoms with van der Waals surface area (Å²) in [5.74, 6) is 1.25. The summed E-state index contributed by atoms with van der Waals surface area (Å²) in [6, 6.07) is 0. The Morgan fingerprint density at radius 1 is 1.06 bits per heavy atom. The van der Waals surface area contributed by atoms with Crippen molar-refractivity contribution in [3.8, 4) is 0 Å². The molecule has 0 spiro atoms. The second kappa shape index (κ2) is 7.53. The summed E-state index contributed by atoms with van der Waals surface area (Å²) in [5, 5.41) is 10.3. The van der Waals surface area contributed by atoms with Crippen molar-refractivity contribution in [1.82, 2.24) is 0 Å². The van der Waals surface area contributed by atoms with Crippen LogP contribution in [0.5, 0.6) is 0 Å². The van der Waals surface area contributed by atoms with Crippen LogP contribution in [0.2, 0.25) is 0 Å². The van der Waals surface area contributed by atoms with Crippen LogP contribution in [0, 0.1) is 17.3 Å². The molecule has 3 atom stereocenters. The van der Waals surface area contributed by atoms with Crippen molar-refractivity contribution in [3.63, 3.8) is 0 Å². The first-order valence-electron chi connectivity index (χ1n) is 8.15. The molecular weight excluding hydrogens is 220 g/mol. The lowest BCUT2D eigenvalue weighted by molar-refractivity contribution is -0.0168. The van der Waals surface area contributed by atoms with Gasteiger partial charge in [-0.1, -0.05) is 66.2 Å². The maximum Gasteiger partial charge on any atom is 0.0576 e. The van der Waals surface area contributed by atoms with Crippen molar-refractivity contribution in [2.45, 2.75) is 91.6 Å². The molecule has 18 heavy (non-hydrogen) atoms. The predicted molar refractivity (Wildman–Crippen MR) is 79.7 cm³/mol. The van der Waals surface area contributed by atoms with E-state index in [9.17, 15) is 5.11 Å². The number of rotatable bonds is 7. The Hall–Kier alpha value is -0.0400.